The van der Waals surface area contributed by atoms with E-state index in [1.165, 1.54) is 36.4 Å². The fourth-order valence-corrected chi connectivity index (χ4v) is 8.04. The topological polar surface area (TPSA) is 435 Å². The van der Waals surface area contributed by atoms with Crippen molar-refractivity contribution in [3.05, 3.63) is 90.5 Å². The zero-order valence-electron chi connectivity index (χ0n) is 31.0. The van der Waals surface area contributed by atoms with Crippen molar-refractivity contribution in [2.24, 2.45) is 15.3 Å². The number of hydrogen-bond acceptors (Lipinski definition) is 23. The Bertz CT molecular complexity index is 3110. The third-order valence-corrected chi connectivity index (χ3v) is 12.3. The summed E-state index contributed by atoms with van der Waals surface area (Å²) in [5, 5.41) is 39.6. The van der Waals surface area contributed by atoms with Gasteiger partial charge >= 0.3 is 10.4 Å². The van der Waals surface area contributed by atoms with Crippen LogP contribution in [0.5, 0.6) is 5.75 Å². The lowest BCUT2D eigenvalue weighted by Gasteiger charge is -2.20. The minimum absolute atomic E-state index is 0.0162. The second kappa shape index (κ2) is 18.9. The highest BCUT2D eigenvalue weighted by Crippen LogP contribution is 2.45. The third kappa shape index (κ3) is 13.3. The van der Waals surface area contributed by atoms with Crippen LogP contribution < -0.4 is 21.4 Å². The molecule has 0 saturated heterocycles. The summed E-state index contributed by atoms with van der Waals surface area (Å²) < 4.78 is 158. The number of amidine groups is 1. The molecule has 27 nitrogen and oxygen atoms in total. The van der Waals surface area contributed by atoms with E-state index in [1.54, 1.807) is 12.3 Å². The number of phenolic OH excluding ortho intramolecular Hbond substituents is 1. The summed E-state index contributed by atoms with van der Waals surface area (Å²) in [6, 6.07) is 16.1. The number of rotatable bonds is 17. The molecular formula is C31H29N11O16S5. The lowest BCUT2D eigenvalue weighted by molar-refractivity contribution is 0.284. The summed E-state index contributed by atoms with van der Waals surface area (Å²) >= 11 is 0. The van der Waals surface area contributed by atoms with Crippen molar-refractivity contribution in [1.82, 2.24) is 15.0 Å². The summed E-state index contributed by atoms with van der Waals surface area (Å²) in [5.74, 6) is -3.50. The van der Waals surface area contributed by atoms with Gasteiger partial charge in [0.1, 0.15) is 21.5 Å². The van der Waals surface area contributed by atoms with Gasteiger partial charge in [0.15, 0.2) is 21.8 Å². The average molecular weight is 972 g/mol. The first-order chi connectivity index (χ1) is 29.3. The maximum absolute atomic E-state index is 12.8. The number of benzene rings is 4. The van der Waals surface area contributed by atoms with Crippen LogP contribution in [-0.4, -0.2) is 99.2 Å². The summed E-state index contributed by atoms with van der Waals surface area (Å²) in [4.78, 5) is 9.38. The van der Waals surface area contributed by atoms with Gasteiger partial charge in [-0.15, -0.1) is 10.2 Å². The molecular weight excluding hydrogens is 943 g/mol. The van der Waals surface area contributed by atoms with Gasteiger partial charge in [-0.3, -0.25) is 24.4 Å². The monoisotopic (exact) mass is 971 g/mol. The molecule has 5 aromatic rings. The Hall–Kier alpha value is -6.48. The van der Waals surface area contributed by atoms with Crippen molar-refractivity contribution in [3.63, 3.8) is 0 Å². The molecule has 32 heteroatoms. The van der Waals surface area contributed by atoms with E-state index < -0.39 is 119 Å². The molecule has 0 bridgehead atoms. The first kappa shape index (κ1) is 47.6. The maximum atomic E-state index is 12.8. The van der Waals surface area contributed by atoms with Gasteiger partial charge in [0.05, 0.1) is 38.4 Å². The fraction of sp³-hybridized carbons (Fsp3) is 0.0645. The molecule has 0 amide bonds. The SMILES string of the molecule is N#CNc1nc(Nc2cccc(S(=O)(=O)CCOS(=O)(=O)O)c2)nc(Nc2cc(S(=O)(=O)O)cc(N=NC(=NNc3cc(S(O)(O)O)ccc3S(=O)(=O)O)c3ccccc3)c2O)n1. The number of nitriles is 1. The molecule has 0 atom stereocenters. The van der Waals surface area contributed by atoms with Gasteiger partial charge in [-0.2, -0.15) is 50.6 Å². The number of azo groups is 1. The Morgan fingerprint density at radius 1 is 0.698 bits per heavy atom. The average Bonchev–Trinajstić information content (AvgIpc) is 3.18. The summed E-state index contributed by atoms with van der Waals surface area (Å²) in [6.45, 7) is -0.904. The quantitative estimate of drug-likeness (QED) is 0.00909. The second-order valence-corrected chi connectivity index (χ2v) is 19.5. The molecule has 11 N–H and O–H groups in total. The smallest absolute Gasteiger partial charge is 0.397 e. The van der Waals surface area contributed by atoms with Crippen molar-refractivity contribution < 1.29 is 70.3 Å². The molecule has 4 aromatic carbocycles. The molecule has 0 aliphatic carbocycles. The van der Waals surface area contributed by atoms with E-state index in [2.05, 4.69) is 55.8 Å². The standard InChI is InChI=1S/C31H29N11O16S5/c32-17-33-29-36-30(34-19-7-4-8-20(13-19)59(44,45)12-11-58-63(55,56)57)38-31(37-29)35-24-15-22(61(49,50)51)16-25(27(24)43)40-42-28(18-5-2-1-3-6-18)41-39-23-14-21(60(46,47)48)9-10-26(23)62(52,53)54/h1-10,13-16,39,43,46-48H,11-12H2,(H,49,50,51)(H,52,53,54)(H,55,56,57)(H3,33,34,35,36,37,38). The third-order valence-electron chi connectivity index (χ3n) is 7.56. The van der Waals surface area contributed by atoms with Gasteiger partial charge < -0.3 is 29.4 Å². The van der Waals surface area contributed by atoms with Crippen molar-refractivity contribution >= 4 is 97.8 Å². The van der Waals surface area contributed by atoms with Crippen molar-refractivity contribution in [2.75, 3.05) is 33.7 Å². The van der Waals surface area contributed by atoms with Crippen molar-refractivity contribution in [3.8, 4) is 11.9 Å². The van der Waals surface area contributed by atoms with Gasteiger partial charge in [-0.05, 0) is 48.5 Å². The van der Waals surface area contributed by atoms with Crippen LogP contribution in [0.2, 0.25) is 0 Å². The van der Waals surface area contributed by atoms with Crippen molar-refractivity contribution in [1.29, 1.82) is 5.26 Å². The lowest BCUT2D eigenvalue weighted by Crippen LogP contribution is -2.15. The molecule has 0 unspecified atom stereocenters. The van der Waals surface area contributed by atoms with Crippen LogP contribution in [0.1, 0.15) is 5.56 Å². The number of nitrogens with one attached hydrogen (secondary N) is 4. The lowest BCUT2D eigenvalue weighted by atomic mass is 10.2. The van der Waals surface area contributed by atoms with E-state index >= 15 is 0 Å². The predicted octanol–water partition coefficient (Wildman–Crippen LogP) is 4.18. The summed E-state index contributed by atoms with van der Waals surface area (Å²) in [6.07, 6.45) is 1.57. The van der Waals surface area contributed by atoms with E-state index in [9.17, 15) is 66.8 Å². The van der Waals surface area contributed by atoms with Crippen LogP contribution in [0.25, 0.3) is 0 Å². The Morgan fingerprint density at radius 3 is 1.97 bits per heavy atom. The number of aromatic hydroxyl groups is 1. The number of aromatic nitrogens is 3. The van der Waals surface area contributed by atoms with Crippen LogP contribution in [-0.2, 0) is 44.7 Å². The molecule has 5 rings (SSSR count). The largest absolute Gasteiger partial charge is 0.504 e. The molecule has 0 saturated carbocycles. The molecule has 0 radical (unpaired) electrons. The Morgan fingerprint density at radius 2 is 1.35 bits per heavy atom. The van der Waals surface area contributed by atoms with E-state index in [4.69, 9.17) is 4.55 Å². The predicted molar refractivity (Wildman–Crippen MR) is 221 cm³/mol. The molecule has 1 aromatic heterocycles. The summed E-state index contributed by atoms with van der Waals surface area (Å²) in [5.41, 5.74) is 0.604. The number of phenols is 1. The van der Waals surface area contributed by atoms with E-state index in [-0.39, 0.29) is 22.1 Å². The number of hydrazone groups is 1. The molecule has 0 spiro atoms. The molecule has 1 heterocycles. The molecule has 63 heavy (non-hydrogen) atoms. The van der Waals surface area contributed by atoms with E-state index in [0.29, 0.717) is 6.07 Å². The Kier molecular flexibility index (Phi) is 14.2. The van der Waals surface area contributed by atoms with Crippen LogP contribution in [0.4, 0.5) is 40.6 Å². The van der Waals surface area contributed by atoms with Gasteiger partial charge in [-0.1, -0.05) is 36.4 Å². The van der Waals surface area contributed by atoms with Crippen molar-refractivity contribution in [2.45, 2.75) is 19.6 Å². The summed E-state index contributed by atoms with van der Waals surface area (Å²) in [7, 11) is -23.6. The van der Waals surface area contributed by atoms with Gasteiger partial charge in [0.25, 0.3) is 20.2 Å². The minimum Gasteiger partial charge on any atom is -0.504 e. The highest BCUT2D eigenvalue weighted by molar-refractivity contribution is 8.19. The first-order valence-corrected chi connectivity index (χ1v) is 23.9. The van der Waals surface area contributed by atoms with Gasteiger partial charge in [0, 0.05) is 11.3 Å². The fourth-order valence-electron chi connectivity index (χ4n) is 4.83. The van der Waals surface area contributed by atoms with Crippen LogP contribution in [0.3, 0.4) is 0 Å². The number of hydrogen-bond donors (Lipinski definition) is 11. The highest BCUT2D eigenvalue weighted by Gasteiger charge is 2.24. The van der Waals surface area contributed by atoms with E-state index in [0.717, 1.165) is 36.4 Å². The first-order valence-electron chi connectivity index (χ1n) is 16.5. The Labute approximate surface area is 357 Å². The Balaban J connectivity index is 1.53. The number of anilines is 6. The normalized spacial score (nSPS) is 13.0. The van der Waals surface area contributed by atoms with Gasteiger partial charge in [-0.25, -0.2) is 12.6 Å². The number of sulfone groups is 1. The molecule has 0 aliphatic rings. The zero-order chi connectivity index (χ0) is 46.4. The van der Waals surface area contributed by atoms with E-state index in [1.807, 2.05) is 0 Å². The van der Waals surface area contributed by atoms with Crippen LogP contribution in [0.15, 0.2) is 120 Å². The number of nitrogens with zero attached hydrogens (tertiary/aromatic N) is 7. The zero-order valence-corrected chi connectivity index (χ0v) is 35.1. The van der Waals surface area contributed by atoms with Crippen LogP contribution in [0, 0.1) is 11.5 Å². The van der Waals surface area contributed by atoms with Gasteiger partial charge in [0.2, 0.25) is 23.7 Å². The molecule has 0 fully saturated rings. The second-order valence-electron chi connectivity index (χ2n) is 12.0. The molecule has 334 valence electrons. The minimum atomic E-state index is -5.08. The highest BCUT2D eigenvalue weighted by atomic mass is 32.3. The maximum Gasteiger partial charge on any atom is 0.397 e. The van der Waals surface area contributed by atoms with Crippen LogP contribution >= 0.6 is 10.9 Å². The molecule has 0 aliphatic heterocycles.